The monoisotopic (exact) mass is 314 g/mol. The van der Waals surface area contributed by atoms with Gasteiger partial charge < -0.3 is 0 Å². The first-order chi connectivity index (χ1) is 6.21. The highest BCUT2D eigenvalue weighted by molar-refractivity contribution is 14.1. The molecule has 0 amide bonds. The summed E-state index contributed by atoms with van der Waals surface area (Å²) in [5.41, 5.74) is 0.299. The van der Waals surface area contributed by atoms with Crippen molar-refractivity contribution in [1.82, 2.24) is 0 Å². The number of alkyl halides is 4. The summed E-state index contributed by atoms with van der Waals surface area (Å²) in [7, 11) is 0. The SMILES string of the molecule is CC(C)(I)c1ccc(C(F)(F)F)cc1. The fourth-order valence-corrected chi connectivity index (χ4v) is 1.42. The summed E-state index contributed by atoms with van der Waals surface area (Å²) in [6.07, 6.45) is -4.24. The Bertz CT molecular complexity index is 273. The van der Waals surface area contributed by atoms with Gasteiger partial charge in [-0.3, -0.25) is 0 Å². The molecule has 0 aliphatic rings. The standard InChI is InChI=1S/C10H10F3I/c1-9(2,14)7-3-5-8(6-4-7)10(11,12)13/h3-6H,1-2H3. The van der Waals surface area contributed by atoms with Crippen molar-refractivity contribution in [3.63, 3.8) is 0 Å². The van der Waals surface area contributed by atoms with Crippen molar-refractivity contribution in [2.75, 3.05) is 0 Å². The maximum atomic E-state index is 12.2. The van der Waals surface area contributed by atoms with Crippen LogP contribution in [-0.4, -0.2) is 0 Å². The summed E-state index contributed by atoms with van der Waals surface area (Å²) < 4.78 is 36.5. The lowest BCUT2D eigenvalue weighted by Crippen LogP contribution is -2.09. The molecule has 0 radical (unpaired) electrons. The van der Waals surface area contributed by atoms with Gasteiger partial charge in [-0.05, 0) is 31.5 Å². The van der Waals surface area contributed by atoms with Crippen LogP contribution in [0.15, 0.2) is 24.3 Å². The van der Waals surface area contributed by atoms with E-state index in [0.29, 0.717) is 0 Å². The van der Waals surface area contributed by atoms with Crippen molar-refractivity contribution in [3.8, 4) is 0 Å². The van der Waals surface area contributed by atoms with Crippen molar-refractivity contribution in [1.29, 1.82) is 0 Å². The van der Waals surface area contributed by atoms with Crippen LogP contribution in [-0.2, 0) is 9.60 Å². The lowest BCUT2D eigenvalue weighted by Gasteiger charge is -2.17. The molecule has 0 heterocycles. The van der Waals surface area contributed by atoms with E-state index in [1.807, 2.05) is 13.8 Å². The van der Waals surface area contributed by atoms with Gasteiger partial charge >= 0.3 is 6.18 Å². The number of halogens is 4. The summed E-state index contributed by atoms with van der Waals surface area (Å²) in [6.45, 7) is 3.91. The molecule has 78 valence electrons. The van der Waals surface area contributed by atoms with Crippen LogP contribution in [0.3, 0.4) is 0 Å². The van der Waals surface area contributed by atoms with Gasteiger partial charge in [0, 0.05) is 3.42 Å². The molecule has 1 rings (SSSR count). The van der Waals surface area contributed by atoms with Crippen LogP contribution in [0, 0.1) is 0 Å². The summed E-state index contributed by atoms with van der Waals surface area (Å²) in [5, 5.41) is 0. The molecule has 4 heteroatoms. The first-order valence-corrected chi connectivity index (χ1v) is 5.16. The predicted molar refractivity (Wildman–Crippen MR) is 58.5 cm³/mol. The molecule has 0 unspecified atom stereocenters. The Morgan fingerprint density at radius 1 is 0.929 bits per heavy atom. The molecule has 0 saturated heterocycles. The van der Waals surface area contributed by atoms with Crippen LogP contribution in [0.25, 0.3) is 0 Å². The van der Waals surface area contributed by atoms with Crippen LogP contribution in [0.5, 0.6) is 0 Å². The van der Waals surface area contributed by atoms with Gasteiger partial charge in [0.2, 0.25) is 0 Å². The average Bonchev–Trinajstić information content (AvgIpc) is 2.01. The molecule has 0 saturated carbocycles. The van der Waals surface area contributed by atoms with E-state index in [4.69, 9.17) is 0 Å². The zero-order valence-corrected chi connectivity index (χ0v) is 9.98. The summed E-state index contributed by atoms with van der Waals surface area (Å²) in [4.78, 5) is 0. The van der Waals surface area contributed by atoms with E-state index in [0.717, 1.165) is 17.7 Å². The van der Waals surface area contributed by atoms with Crippen LogP contribution in [0.2, 0.25) is 0 Å². The lowest BCUT2D eigenvalue weighted by molar-refractivity contribution is -0.137. The van der Waals surface area contributed by atoms with Gasteiger partial charge in [0.05, 0.1) is 5.56 Å². The normalized spacial score (nSPS) is 13.0. The second-order valence-corrected chi connectivity index (χ2v) is 6.24. The molecule has 0 atom stereocenters. The molecule has 0 spiro atoms. The van der Waals surface area contributed by atoms with E-state index in [1.54, 1.807) is 0 Å². The minimum absolute atomic E-state index is 0.137. The average molecular weight is 314 g/mol. The highest BCUT2D eigenvalue weighted by Gasteiger charge is 2.30. The van der Waals surface area contributed by atoms with Gasteiger partial charge in [-0.2, -0.15) is 13.2 Å². The Morgan fingerprint density at radius 3 is 1.57 bits per heavy atom. The molecule has 0 aliphatic heterocycles. The van der Waals surface area contributed by atoms with Gasteiger partial charge in [-0.1, -0.05) is 34.7 Å². The van der Waals surface area contributed by atoms with Gasteiger partial charge in [0.15, 0.2) is 0 Å². The summed E-state index contributed by atoms with van der Waals surface area (Å²) in [6, 6.07) is 5.29. The third kappa shape index (κ3) is 2.87. The number of benzene rings is 1. The Morgan fingerprint density at radius 2 is 1.29 bits per heavy atom. The number of hydrogen-bond acceptors (Lipinski definition) is 0. The molecular weight excluding hydrogens is 304 g/mol. The molecule has 1 aromatic carbocycles. The van der Waals surface area contributed by atoms with Crippen LogP contribution in [0.1, 0.15) is 25.0 Å². The second-order valence-electron chi connectivity index (χ2n) is 3.55. The Hall–Kier alpha value is -0.260. The Balaban J connectivity index is 3.02. The predicted octanol–water partition coefficient (Wildman–Crippen LogP) is 4.38. The molecule has 1 aromatic rings. The second kappa shape index (κ2) is 3.72. The third-order valence-electron chi connectivity index (χ3n) is 1.90. The van der Waals surface area contributed by atoms with Gasteiger partial charge in [-0.25, -0.2) is 0 Å². The zero-order valence-electron chi connectivity index (χ0n) is 7.82. The quantitative estimate of drug-likeness (QED) is 0.533. The fourth-order valence-electron chi connectivity index (χ4n) is 1.06. The molecule has 0 aromatic heterocycles. The maximum absolute atomic E-state index is 12.2. The first-order valence-electron chi connectivity index (χ1n) is 4.08. The van der Waals surface area contributed by atoms with Crippen LogP contribution >= 0.6 is 22.6 Å². The summed E-state index contributed by atoms with van der Waals surface area (Å²) in [5.74, 6) is 0. The minimum atomic E-state index is -4.24. The van der Waals surface area contributed by atoms with E-state index >= 15 is 0 Å². The Kier molecular flexibility index (Phi) is 3.13. The molecule has 0 aliphatic carbocycles. The lowest BCUT2D eigenvalue weighted by atomic mass is 10.0. The molecule has 14 heavy (non-hydrogen) atoms. The largest absolute Gasteiger partial charge is 0.416 e. The number of rotatable bonds is 1. The van der Waals surface area contributed by atoms with Crippen LogP contribution < -0.4 is 0 Å². The smallest absolute Gasteiger partial charge is 0.166 e. The van der Waals surface area contributed by atoms with Crippen LogP contribution in [0.4, 0.5) is 13.2 Å². The molecular formula is C10H10F3I. The van der Waals surface area contributed by atoms with E-state index in [-0.39, 0.29) is 3.42 Å². The Labute approximate surface area is 94.6 Å². The van der Waals surface area contributed by atoms with Gasteiger partial charge in [-0.15, -0.1) is 0 Å². The van der Waals surface area contributed by atoms with E-state index < -0.39 is 11.7 Å². The van der Waals surface area contributed by atoms with E-state index in [2.05, 4.69) is 22.6 Å². The highest BCUT2D eigenvalue weighted by atomic mass is 127. The highest BCUT2D eigenvalue weighted by Crippen LogP contribution is 2.34. The third-order valence-corrected chi connectivity index (χ3v) is 2.52. The molecule has 0 bridgehead atoms. The molecule has 0 nitrogen and oxygen atoms in total. The molecule has 0 fully saturated rings. The van der Waals surface area contributed by atoms with Crippen molar-refractivity contribution >= 4 is 22.6 Å². The van der Waals surface area contributed by atoms with Gasteiger partial charge in [0.25, 0.3) is 0 Å². The summed E-state index contributed by atoms with van der Waals surface area (Å²) >= 11 is 2.19. The number of hydrogen-bond donors (Lipinski definition) is 0. The minimum Gasteiger partial charge on any atom is -0.166 e. The zero-order chi connectivity index (χ0) is 11.0. The van der Waals surface area contributed by atoms with Crippen molar-refractivity contribution in [3.05, 3.63) is 35.4 Å². The first kappa shape index (κ1) is 11.8. The van der Waals surface area contributed by atoms with E-state index in [1.165, 1.54) is 12.1 Å². The van der Waals surface area contributed by atoms with Crippen molar-refractivity contribution in [2.24, 2.45) is 0 Å². The maximum Gasteiger partial charge on any atom is 0.416 e. The van der Waals surface area contributed by atoms with Gasteiger partial charge in [0.1, 0.15) is 0 Å². The van der Waals surface area contributed by atoms with Crippen molar-refractivity contribution in [2.45, 2.75) is 23.4 Å². The molecule has 0 N–H and O–H groups in total. The van der Waals surface area contributed by atoms with E-state index in [9.17, 15) is 13.2 Å². The topological polar surface area (TPSA) is 0 Å². The fraction of sp³-hybridized carbons (Fsp3) is 0.400. The van der Waals surface area contributed by atoms with Crippen molar-refractivity contribution < 1.29 is 13.2 Å².